The molecule has 0 atom stereocenters. The first-order valence-electron chi connectivity index (χ1n) is 11.3. The summed E-state index contributed by atoms with van der Waals surface area (Å²) in [6.45, 7) is 3.27. The highest BCUT2D eigenvalue weighted by atomic mass is 19.1. The van der Waals surface area contributed by atoms with E-state index in [1.165, 1.54) is 6.07 Å². The highest BCUT2D eigenvalue weighted by Gasteiger charge is 2.24. The number of nitrogens with one attached hydrogen (secondary N) is 1. The van der Waals surface area contributed by atoms with Crippen molar-refractivity contribution < 1.29 is 13.9 Å². The van der Waals surface area contributed by atoms with Gasteiger partial charge in [-0.1, -0.05) is 36.4 Å². The van der Waals surface area contributed by atoms with Crippen molar-refractivity contribution >= 4 is 5.91 Å². The number of carbonyl (C=O) groups is 1. The summed E-state index contributed by atoms with van der Waals surface area (Å²) in [7, 11) is 4.05. The molecule has 3 aromatic rings. The second-order valence-electron chi connectivity index (χ2n) is 8.99. The van der Waals surface area contributed by atoms with Crippen LogP contribution in [0.25, 0.3) is 11.1 Å². The molecule has 0 saturated heterocycles. The number of rotatable bonds is 9. The van der Waals surface area contributed by atoms with Gasteiger partial charge in [0.25, 0.3) is 5.91 Å². The molecule has 1 saturated carbocycles. The predicted octanol–water partition coefficient (Wildman–Crippen LogP) is 4.98. The van der Waals surface area contributed by atoms with Crippen LogP contribution in [0.1, 0.15) is 39.9 Å². The van der Waals surface area contributed by atoms with Gasteiger partial charge in [-0.3, -0.25) is 4.79 Å². The normalized spacial score (nSPS) is 13.2. The number of amides is 1. The van der Waals surface area contributed by atoms with E-state index in [-0.39, 0.29) is 18.3 Å². The van der Waals surface area contributed by atoms with Crippen molar-refractivity contribution in [2.24, 2.45) is 5.92 Å². The zero-order valence-electron chi connectivity index (χ0n) is 19.4. The lowest BCUT2D eigenvalue weighted by atomic mass is 9.99. The van der Waals surface area contributed by atoms with Gasteiger partial charge in [0.2, 0.25) is 5.88 Å². The third-order valence-corrected chi connectivity index (χ3v) is 5.75. The van der Waals surface area contributed by atoms with Crippen molar-refractivity contribution in [3.63, 3.8) is 0 Å². The molecule has 1 fully saturated rings. The van der Waals surface area contributed by atoms with Crippen molar-refractivity contribution in [1.82, 2.24) is 15.2 Å². The summed E-state index contributed by atoms with van der Waals surface area (Å²) in [6, 6.07) is 14.9. The number of nitrogens with zero attached hydrogens (tertiary/aromatic N) is 2. The SMILES string of the molecule is Cc1ccc(CNC(=O)c2cc(-c3ccccc3CN(C)C)cnc2OCC2CC2)cc1F. The molecule has 0 aliphatic heterocycles. The second-order valence-corrected chi connectivity index (χ2v) is 8.99. The van der Waals surface area contributed by atoms with Crippen molar-refractivity contribution in [1.29, 1.82) is 0 Å². The van der Waals surface area contributed by atoms with Gasteiger partial charge in [0, 0.05) is 24.8 Å². The smallest absolute Gasteiger partial charge is 0.257 e. The molecule has 0 radical (unpaired) electrons. The van der Waals surface area contributed by atoms with E-state index < -0.39 is 0 Å². The summed E-state index contributed by atoms with van der Waals surface area (Å²) in [5, 5.41) is 2.90. The highest BCUT2D eigenvalue weighted by Crippen LogP contribution is 2.31. The molecule has 2 aromatic carbocycles. The van der Waals surface area contributed by atoms with E-state index in [0.29, 0.717) is 35.1 Å². The Morgan fingerprint density at radius 2 is 1.97 bits per heavy atom. The van der Waals surface area contributed by atoms with Crippen LogP contribution in [0.4, 0.5) is 4.39 Å². The van der Waals surface area contributed by atoms with E-state index in [2.05, 4.69) is 21.3 Å². The average molecular weight is 448 g/mol. The first-order chi connectivity index (χ1) is 15.9. The third-order valence-electron chi connectivity index (χ3n) is 5.75. The van der Waals surface area contributed by atoms with Gasteiger partial charge in [-0.15, -0.1) is 0 Å². The molecule has 1 N–H and O–H groups in total. The third kappa shape index (κ3) is 5.96. The summed E-state index contributed by atoms with van der Waals surface area (Å²) in [6.07, 6.45) is 4.07. The number of aromatic nitrogens is 1. The number of hydrogen-bond donors (Lipinski definition) is 1. The molecular weight excluding hydrogens is 417 g/mol. The molecule has 5 nitrogen and oxygen atoms in total. The lowest BCUT2D eigenvalue weighted by molar-refractivity contribution is 0.0945. The van der Waals surface area contributed by atoms with E-state index in [4.69, 9.17) is 4.74 Å². The van der Waals surface area contributed by atoms with E-state index >= 15 is 0 Å². The van der Waals surface area contributed by atoms with Gasteiger partial charge in [-0.05, 0) is 74.2 Å². The fraction of sp³-hybridized carbons (Fsp3) is 0.333. The molecule has 33 heavy (non-hydrogen) atoms. The minimum atomic E-state index is -0.291. The Bertz CT molecular complexity index is 1140. The Balaban J connectivity index is 1.61. The van der Waals surface area contributed by atoms with Crippen LogP contribution in [0, 0.1) is 18.7 Å². The Morgan fingerprint density at radius 3 is 2.70 bits per heavy atom. The van der Waals surface area contributed by atoms with Crippen LogP contribution in [-0.2, 0) is 13.1 Å². The van der Waals surface area contributed by atoms with E-state index in [1.807, 2.05) is 44.4 Å². The largest absolute Gasteiger partial charge is 0.477 e. The van der Waals surface area contributed by atoms with Gasteiger partial charge in [-0.25, -0.2) is 9.37 Å². The van der Waals surface area contributed by atoms with Crippen LogP contribution in [0.3, 0.4) is 0 Å². The monoisotopic (exact) mass is 447 g/mol. The van der Waals surface area contributed by atoms with Crippen LogP contribution in [0.15, 0.2) is 54.7 Å². The van der Waals surface area contributed by atoms with Crippen LogP contribution in [0.2, 0.25) is 0 Å². The topological polar surface area (TPSA) is 54.5 Å². The minimum absolute atomic E-state index is 0.222. The molecule has 0 bridgehead atoms. The Morgan fingerprint density at radius 1 is 1.18 bits per heavy atom. The van der Waals surface area contributed by atoms with Crippen LogP contribution in [0.5, 0.6) is 5.88 Å². The van der Waals surface area contributed by atoms with Crippen molar-refractivity contribution in [3.05, 3.63) is 82.8 Å². The standard InChI is InChI=1S/C27H30FN3O2/c1-18-8-9-20(12-25(18)28)14-29-26(32)24-13-22(15-30-27(24)33-17-19-10-11-19)23-7-5-4-6-21(23)16-31(2)3/h4-9,12-13,15,19H,10-11,14,16-17H2,1-3H3,(H,29,32). The van der Waals surface area contributed by atoms with E-state index in [0.717, 1.165) is 36.1 Å². The number of aryl methyl sites for hydroxylation is 1. The lowest BCUT2D eigenvalue weighted by Crippen LogP contribution is -2.24. The summed E-state index contributed by atoms with van der Waals surface area (Å²) in [4.78, 5) is 19.8. The quantitative estimate of drug-likeness (QED) is 0.503. The molecule has 1 aliphatic rings. The minimum Gasteiger partial charge on any atom is -0.477 e. The zero-order valence-corrected chi connectivity index (χ0v) is 19.4. The highest BCUT2D eigenvalue weighted by molar-refractivity contribution is 5.97. The van der Waals surface area contributed by atoms with E-state index in [1.54, 1.807) is 19.2 Å². The lowest BCUT2D eigenvalue weighted by Gasteiger charge is -2.16. The molecule has 1 amide bonds. The summed E-state index contributed by atoms with van der Waals surface area (Å²) in [5.74, 6) is 0.305. The summed E-state index contributed by atoms with van der Waals surface area (Å²) >= 11 is 0. The van der Waals surface area contributed by atoms with E-state index in [9.17, 15) is 9.18 Å². The maximum absolute atomic E-state index is 13.9. The Hall–Kier alpha value is -3.25. The number of halogens is 1. The number of benzene rings is 2. The predicted molar refractivity (Wildman–Crippen MR) is 128 cm³/mol. The van der Waals surface area contributed by atoms with Crippen molar-refractivity contribution in [2.75, 3.05) is 20.7 Å². The fourth-order valence-corrected chi connectivity index (χ4v) is 3.66. The van der Waals surface area contributed by atoms with Crippen molar-refractivity contribution in [2.45, 2.75) is 32.9 Å². The molecular formula is C27H30FN3O2. The molecule has 1 heterocycles. The van der Waals surface area contributed by atoms with Crippen molar-refractivity contribution in [3.8, 4) is 17.0 Å². The average Bonchev–Trinajstić information content (AvgIpc) is 3.63. The molecule has 1 aliphatic carbocycles. The maximum atomic E-state index is 13.9. The van der Waals surface area contributed by atoms with Gasteiger partial charge in [-0.2, -0.15) is 0 Å². The first-order valence-corrected chi connectivity index (χ1v) is 11.3. The van der Waals surface area contributed by atoms with Gasteiger partial charge in [0.05, 0.1) is 6.61 Å². The van der Waals surface area contributed by atoms with Crippen LogP contribution < -0.4 is 10.1 Å². The molecule has 0 spiro atoms. The maximum Gasteiger partial charge on any atom is 0.257 e. The Labute approximate surface area is 194 Å². The number of carbonyl (C=O) groups excluding carboxylic acids is 1. The first kappa shape index (κ1) is 22.9. The second kappa shape index (κ2) is 10.1. The Kier molecular flexibility index (Phi) is 7.04. The number of hydrogen-bond acceptors (Lipinski definition) is 4. The molecule has 6 heteroatoms. The van der Waals surface area contributed by atoms with Gasteiger partial charge in [0.1, 0.15) is 11.4 Å². The van der Waals surface area contributed by atoms with Gasteiger partial charge < -0.3 is 15.0 Å². The summed E-state index contributed by atoms with van der Waals surface area (Å²) < 4.78 is 19.8. The zero-order chi connectivity index (χ0) is 23.4. The molecule has 1 aromatic heterocycles. The fourth-order valence-electron chi connectivity index (χ4n) is 3.66. The van der Waals surface area contributed by atoms with Gasteiger partial charge >= 0.3 is 0 Å². The molecule has 0 unspecified atom stereocenters. The number of pyridine rings is 1. The van der Waals surface area contributed by atoms with Crippen LogP contribution in [-0.4, -0.2) is 36.5 Å². The molecule has 172 valence electrons. The van der Waals surface area contributed by atoms with Gasteiger partial charge in [0.15, 0.2) is 0 Å². The molecule has 4 rings (SSSR count). The summed E-state index contributed by atoms with van der Waals surface area (Å²) in [5.41, 5.74) is 4.71. The van der Waals surface area contributed by atoms with Crippen LogP contribution >= 0.6 is 0 Å². The number of ether oxygens (including phenoxy) is 1.